The molecule has 0 amide bonds. The Balaban J connectivity index is 1.07. The predicted octanol–water partition coefficient (Wildman–Crippen LogP) is 15.1. The molecular formula is C52H34N2O2. The van der Waals surface area contributed by atoms with Crippen molar-refractivity contribution in [3.63, 3.8) is 0 Å². The largest absolute Gasteiger partial charge is 0.456 e. The predicted molar refractivity (Wildman–Crippen MR) is 232 cm³/mol. The van der Waals surface area contributed by atoms with E-state index in [2.05, 4.69) is 204 Å². The zero-order chi connectivity index (χ0) is 37.0. The summed E-state index contributed by atoms with van der Waals surface area (Å²) in [6, 6.07) is 72.2. The van der Waals surface area contributed by atoms with E-state index in [4.69, 9.17) is 9.15 Å². The molecule has 2 heterocycles. The smallest absolute Gasteiger partial charge is 0.159 e. The van der Waals surface area contributed by atoms with Gasteiger partial charge in [-0.05, 0) is 77.9 Å². The third-order valence-electron chi connectivity index (χ3n) is 10.8. The fraction of sp³-hybridized carbons (Fsp3) is 0. The summed E-state index contributed by atoms with van der Waals surface area (Å²) < 4.78 is 13.8. The van der Waals surface area contributed by atoms with Crippen molar-refractivity contribution >= 4 is 66.8 Å². The van der Waals surface area contributed by atoms with Crippen molar-refractivity contribution in [1.82, 2.24) is 0 Å². The van der Waals surface area contributed by atoms with Crippen LogP contribution in [0.25, 0.3) is 55.0 Å². The van der Waals surface area contributed by atoms with Gasteiger partial charge < -0.3 is 19.0 Å². The van der Waals surface area contributed by atoms with Crippen LogP contribution in [-0.4, -0.2) is 0 Å². The van der Waals surface area contributed by atoms with Crippen molar-refractivity contribution in [2.75, 3.05) is 9.80 Å². The molecule has 0 unspecified atom stereocenters. The first kappa shape index (κ1) is 31.9. The van der Waals surface area contributed by atoms with E-state index >= 15 is 0 Å². The highest BCUT2D eigenvalue weighted by atomic mass is 16.5. The molecule has 0 atom stereocenters. The van der Waals surface area contributed by atoms with Gasteiger partial charge in [0.25, 0.3) is 0 Å². The summed E-state index contributed by atoms with van der Waals surface area (Å²) in [5.41, 5.74) is 12.3. The van der Waals surface area contributed by atoms with E-state index in [1.165, 1.54) is 0 Å². The van der Waals surface area contributed by atoms with Gasteiger partial charge in [-0.25, -0.2) is 0 Å². The molecular weight excluding hydrogens is 685 g/mol. The lowest BCUT2D eigenvalue weighted by molar-refractivity contribution is 0.487. The SMILES string of the molecule is c1ccc(-c2cccc3c2oc2c(N(c4ccccc4)c4ccc5c(c4)Oc4cccc6c(N(c7ccccc7)c7ccccc7)ccc-5c46)cccc23)cc1. The van der Waals surface area contributed by atoms with Gasteiger partial charge in [0, 0.05) is 55.8 Å². The molecule has 0 radical (unpaired) electrons. The molecule has 4 heteroatoms. The van der Waals surface area contributed by atoms with Crippen molar-refractivity contribution in [3.8, 4) is 33.8 Å². The van der Waals surface area contributed by atoms with E-state index < -0.39 is 0 Å². The molecule has 0 saturated heterocycles. The first-order valence-corrected chi connectivity index (χ1v) is 18.9. The molecule has 0 saturated carbocycles. The topological polar surface area (TPSA) is 28.9 Å². The van der Waals surface area contributed by atoms with Gasteiger partial charge >= 0.3 is 0 Å². The monoisotopic (exact) mass is 718 g/mol. The lowest BCUT2D eigenvalue weighted by Gasteiger charge is -2.30. The Labute approximate surface area is 324 Å². The van der Waals surface area contributed by atoms with E-state index in [1.54, 1.807) is 0 Å². The normalized spacial score (nSPS) is 11.7. The van der Waals surface area contributed by atoms with Gasteiger partial charge in [-0.1, -0.05) is 133 Å². The van der Waals surface area contributed by atoms with E-state index in [9.17, 15) is 0 Å². The number of nitrogens with zero attached hydrogens (tertiary/aromatic N) is 2. The van der Waals surface area contributed by atoms with Crippen LogP contribution in [0.2, 0.25) is 0 Å². The van der Waals surface area contributed by atoms with Gasteiger partial charge in [0.1, 0.15) is 17.1 Å². The van der Waals surface area contributed by atoms with E-state index in [1.807, 2.05) is 12.1 Å². The highest BCUT2D eigenvalue weighted by molar-refractivity contribution is 6.14. The average molecular weight is 719 g/mol. The van der Waals surface area contributed by atoms with Gasteiger partial charge in [0.05, 0.1) is 17.1 Å². The highest BCUT2D eigenvalue weighted by Crippen LogP contribution is 2.52. The number of para-hydroxylation sites is 5. The Morgan fingerprint density at radius 3 is 1.55 bits per heavy atom. The number of ether oxygens (including phenoxy) is 1. The fourth-order valence-electron chi connectivity index (χ4n) is 8.35. The van der Waals surface area contributed by atoms with E-state index in [0.29, 0.717) is 0 Å². The Bertz CT molecular complexity index is 3010. The standard InChI is InChI=1S/C52H34N2O2/c1-5-16-35(17-6-1)40-24-13-25-43-44-26-14-28-47(52(44)56-51(40)43)54(38-22-11-4-12-23-38)39-30-31-41-42-32-33-46(45-27-15-29-48(50(42)45)55-49(41)34-39)53(36-18-7-2-8-19-36)37-20-9-3-10-21-37/h1-34H. The van der Waals surface area contributed by atoms with Crippen LogP contribution in [0.15, 0.2) is 211 Å². The summed E-state index contributed by atoms with van der Waals surface area (Å²) >= 11 is 0. The third kappa shape index (κ3) is 5.15. The molecule has 4 nitrogen and oxygen atoms in total. The summed E-state index contributed by atoms with van der Waals surface area (Å²) in [5, 5.41) is 4.39. The van der Waals surface area contributed by atoms with Crippen LogP contribution >= 0.6 is 0 Å². The lowest BCUT2D eigenvalue weighted by atomic mass is 9.93. The van der Waals surface area contributed by atoms with Crippen LogP contribution in [0.5, 0.6) is 11.5 Å². The van der Waals surface area contributed by atoms with Crippen molar-refractivity contribution < 1.29 is 9.15 Å². The maximum atomic E-state index is 6.91. The minimum Gasteiger partial charge on any atom is -0.456 e. The summed E-state index contributed by atoms with van der Waals surface area (Å²) in [5.74, 6) is 1.64. The molecule has 56 heavy (non-hydrogen) atoms. The van der Waals surface area contributed by atoms with Gasteiger partial charge in [-0.3, -0.25) is 0 Å². The van der Waals surface area contributed by atoms with Crippen LogP contribution in [0.4, 0.5) is 34.1 Å². The molecule has 0 fully saturated rings. The fourth-order valence-corrected chi connectivity index (χ4v) is 8.35. The molecule has 9 aromatic carbocycles. The van der Waals surface area contributed by atoms with Crippen LogP contribution in [0.1, 0.15) is 0 Å². The van der Waals surface area contributed by atoms with Gasteiger partial charge in [-0.15, -0.1) is 0 Å². The minimum atomic E-state index is 0.808. The Morgan fingerprint density at radius 2 is 0.875 bits per heavy atom. The first-order valence-electron chi connectivity index (χ1n) is 18.9. The molecule has 264 valence electrons. The first-order chi connectivity index (χ1) is 27.8. The Hall–Kier alpha value is -7.56. The second kappa shape index (κ2) is 13.1. The zero-order valence-electron chi connectivity index (χ0n) is 30.3. The van der Waals surface area contributed by atoms with E-state index in [0.717, 1.165) is 101 Å². The van der Waals surface area contributed by atoms with Crippen LogP contribution in [-0.2, 0) is 0 Å². The maximum absolute atomic E-state index is 6.91. The molecule has 0 aliphatic carbocycles. The van der Waals surface area contributed by atoms with Crippen molar-refractivity contribution in [3.05, 3.63) is 206 Å². The second-order valence-corrected chi connectivity index (χ2v) is 14.1. The molecule has 1 aromatic heterocycles. The molecule has 1 aliphatic heterocycles. The molecule has 1 aliphatic rings. The number of hydrogen-bond acceptors (Lipinski definition) is 4. The summed E-state index contributed by atoms with van der Waals surface area (Å²) in [4.78, 5) is 4.59. The van der Waals surface area contributed by atoms with Gasteiger partial charge in [0.2, 0.25) is 0 Å². The lowest BCUT2D eigenvalue weighted by Crippen LogP contribution is -2.12. The summed E-state index contributed by atoms with van der Waals surface area (Å²) in [7, 11) is 0. The third-order valence-corrected chi connectivity index (χ3v) is 10.8. The molecule has 11 rings (SSSR count). The van der Waals surface area contributed by atoms with Crippen LogP contribution < -0.4 is 14.5 Å². The van der Waals surface area contributed by atoms with E-state index in [-0.39, 0.29) is 0 Å². The zero-order valence-corrected chi connectivity index (χ0v) is 30.3. The minimum absolute atomic E-state index is 0.808. The number of furan rings is 1. The molecule has 10 aromatic rings. The van der Waals surface area contributed by atoms with Crippen LogP contribution in [0, 0.1) is 0 Å². The Morgan fingerprint density at radius 1 is 0.321 bits per heavy atom. The number of hydrogen-bond donors (Lipinski definition) is 0. The maximum Gasteiger partial charge on any atom is 0.159 e. The van der Waals surface area contributed by atoms with Crippen molar-refractivity contribution in [2.24, 2.45) is 0 Å². The van der Waals surface area contributed by atoms with Crippen molar-refractivity contribution in [1.29, 1.82) is 0 Å². The highest BCUT2D eigenvalue weighted by Gasteiger charge is 2.26. The Kier molecular flexibility index (Phi) is 7.46. The number of anilines is 6. The average Bonchev–Trinajstić information content (AvgIpc) is 3.66. The second-order valence-electron chi connectivity index (χ2n) is 14.1. The molecule has 0 bridgehead atoms. The van der Waals surface area contributed by atoms with Crippen molar-refractivity contribution in [2.45, 2.75) is 0 Å². The summed E-state index contributed by atoms with van der Waals surface area (Å²) in [6.07, 6.45) is 0. The number of rotatable bonds is 7. The number of benzene rings is 9. The van der Waals surface area contributed by atoms with Gasteiger partial charge in [0.15, 0.2) is 5.58 Å². The molecule has 0 spiro atoms. The van der Waals surface area contributed by atoms with Crippen LogP contribution in [0.3, 0.4) is 0 Å². The number of fused-ring (bicyclic) bond motifs is 5. The summed E-state index contributed by atoms with van der Waals surface area (Å²) in [6.45, 7) is 0. The molecule has 0 N–H and O–H groups in total. The van der Waals surface area contributed by atoms with Gasteiger partial charge in [-0.2, -0.15) is 0 Å². The quantitative estimate of drug-likeness (QED) is 0.164.